The number of aryl methyl sites for hydroxylation is 2. The lowest BCUT2D eigenvalue weighted by molar-refractivity contribution is -0.142. The molecule has 4 bridgehead atoms. The molecule has 0 spiro atoms. The number of likely N-dealkylation sites (N-methyl/N-ethyl adjacent to an activating group) is 1. The standard InChI is InChI=1S/C51H68N8O7.C11H17F3O3S.C10H18O/c1-30-25-43(62)47(59(7)50(64)36(18-20-53)29-42(61)46-31(2)56-48(57-32(46)3)34-11-14-37(15-12-34)51(4,5)6)35-13-17-45(66-24-22-55)39(28-35)38-26-33(10-16-44(38)65-23-21-54)27-40(58-49(30)63)41(60)9-8-19-52;1-10(2,3)8-4-6-9(7-5-8)17-18(15,16)11(12,13)14;1-10(2,3)8-4-6-9(11)7-5-8/h10-11,13,16-17,26,28,30,36-37,40,47H,8-9,12,14-15,18,20-25,27,29,53-55H2,1-7H3,(H,58,63);6,8H,4-5,7H2,1-3H3;8H,4-7H2,1-3H3/t30-,36-,37?,40+,47+;;/m1../s1. The first-order chi connectivity index (χ1) is 44.3. The summed E-state index contributed by atoms with van der Waals surface area (Å²) in [4.78, 5) is 93.0. The number of hydrogen-bond donors (Lipinski definition) is 4. The summed E-state index contributed by atoms with van der Waals surface area (Å²) in [6, 6.07) is 10.3. The molecule has 0 radical (unpaired) electrons. The topological polar surface area (TPSA) is 307 Å². The largest absolute Gasteiger partial charge is 0.534 e. The van der Waals surface area contributed by atoms with E-state index in [0.717, 1.165) is 56.4 Å². The number of aromatic nitrogens is 2. The van der Waals surface area contributed by atoms with Crippen molar-refractivity contribution in [1.29, 1.82) is 5.26 Å². The van der Waals surface area contributed by atoms with Crippen LogP contribution in [-0.2, 0) is 44.7 Å². The van der Waals surface area contributed by atoms with Crippen LogP contribution in [0.15, 0.2) is 54.3 Å². The maximum absolute atomic E-state index is 14.8. The van der Waals surface area contributed by atoms with Crippen LogP contribution in [0.1, 0.15) is 210 Å². The van der Waals surface area contributed by atoms with Crippen LogP contribution >= 0.6 is 0 Å². The highest BCUT2D eigenvalue weighted by Crippen LogP contribution is 2.44. The van der Waals surface area contributed by atoms with Gasteiger partial charge >= 0.3 is 15.6 Å². The van der Waals surface area contributed by atoms with Crippen LogP contribution in [0.3, 0.4) is 0 Å². The first kappa shape index (κ1) is 78.8. The number of rotatable bonds is 19. The van der Waals surface area contributed by atoms with E-state index in [1.165, 1.54) is 18.0 Å². The molecule has 2 aromatic carbocycles. The summed E-state index contributed by atoms with van der Waals surface area (Å²) in [5, 5.41) is 12.1. The third-order valence-electron chi connectivity index (χ3n) is 18.7. The van der Waals surface area contributed by atoms with Gasteiger partial charge in [-0.15, -0.1) is 0 Å². The number of Topliss-reactive ketones (excluding diaryl/α,β-unsaturated/α-hetero) is 4. The molecule has 524 valence electrons. The third-order valence-corrected chi connectivity index (χ3v) is 19.7. The zero-order valence-corrected chi connectivity index (χ0v) is 58.9. The zero-order chi connectivity index (χ0) is 71.0. The molecule has 4 aliphatic rings. The predicted octanol–water partition coefficient (Wildman–Crippen LogP) is 12.3. The number of carbonyl (C=O) groups is 6. The summed E-state index contributed by atoms with van der Waals surface area (Å²) in [6.45, 7) is 25.8. The first-order valence-electron chi connectivity index (χ1n) is 33.3. The van der Waals surface area contributed by atoms with Crippen molar-refractivity contribution < 1.29 is 64.0 Å². The van der Waals surface area contributed by atoms with Crippen molar-refractivity contribution in [2.75, 3.05) is 39.9 Å². The number of nitriles is 1. The molecule has 1 fully saturated rings. The first-order valence-corrected chi connectivity index (χ1v) is 34.7. The van der Waals surface area contributed by atoms with Crippen molar-refractivity contribution in [2.24, 2.45) is 63.0 Å². The molecule has 23 heteroatoms. The number of hydrogen-bond acceptors (Lipinski definition) is 17. The Bertz CT molecular complexity index is 3400. The summed E-state index contributed by atoms with van der Waals surface area (Å²) < 4.78 is 74.3. The molecule has 6 atom stereocenters. The van der Waals surface area contributed by atoms with E-state index < -0.39 is 57.1 Å². The number of amides is 2. The molecule has 3 aromatic rings. The van der Waals surface area contributed by atoms with Gasteiger partial charge in [0.2, 0.25) is 11.8 Å². The van der Waals surface area contributed by atoms with Crippen molar-refractivity contribution in [2.45, 2.75) is 203 Å². The molecule has 19 nitrogen and oxygen atoms in total. The van der Waals surface area contributed by atoms with Gasteiger partial charge in [0, 0.05) is 88.0 Å². The van der Waals surface area contributed by atoms with Crippen molar-refractivity contribution in [3.63, 3.8) is 0 Å². The van der Waals surface area contributed by atoms with E-state index in [0.29, 0.717) is 92.4 Å². The second-order valence-corrected chi connectivity index (χ2v) is 30.4. The van der Waals surface area contributed by atoms with E-state index >= 15 is 0 Å². The highest BCUT2D eigenvalue weighted by Gasteiger charge is 2.49. The number of nitrogens with one attached hydrogen (secondary N) is 1. The fourth-order valence-corrected chi connectivity index (χ4v) is 13.2. The average Bonchev–Trinajstić information content (AvgIpc) is 0.791. The SMILES string of the molecule is CC(C)(C)C1CC=C(OS(=O)(=O)C(F)(F)F)CC1.CC(C)(C)C1CCC(=O)CC1.Cc1nc(C2=CCC(C(C)(C)C)CC2)nc(C)c1C(=O)C[C@@H](CCN)C(=O)N(C)[C@@H]1C(=O)C[C@@H](C)C(=O)N[C@H](C(=O)CCC#N)Cc2ccc(OCCN)c(c2)-c2cc1ccc2OCCN. The second-order valence-electron chi connectivity index (χ2n) is 28.9. The number of fused-ring (bicyclic) bond motifs is 5. The third kappa shape index (κ3) is 22.3. The minimum atomic E-state index is -5.52. The van der Waals surface area contributed by atoms with Crippen LogP contribution in [0.25, 0.3) is 16.7 Å². The van der Waals surface area contributed by atoms with Gasteiger partial charge in [0.05, 0.1) is 29.1 Å². The van der Waals surface area contributed by atoms with E-state index in [9.17, 15) is 55.6 Å². The second kappa shape index (κ2) is 34.4. The maximum Gasteiger partial charge on any atom is 0.534 e. The fourth-order valence-electron chi connectivity index (χ4n) is 12.7. The Hall–Kier alpha value is -6.87. The monoisotopic (exact) mass is 1340 g/mol. The Morgan fingerprint density at radius 2 is 1.28 bits per heavy atom. The van der Waals surface area contributed by atoms with Crippen LogP contribution in [-0.4, -0.2) is 110 Å². The molecular weight excluding hydrogens is 1240 g/mol. The number of carbonyl (C=O) groups excluding carboxylic acids is 6. The highest BCUT2D eigenvalue weighted by atomic mass is 32.2. The van der Waals surface area contributed by atoms with Gasteiger partial charge in [0.15, 0.2) is 23.2 Å². The molecule has 1 aromatic heterocycles. The number of alkyl halides is 3. The molecule has 7 N–H and O–H groups in total. The number of allylic oxidation sites excluding steroid dienone is 4. The summed E-state index contributed by atoms with van der Waals surface area (Å²) in [5.74, 6) is -0.452. The normalized spacial score (nSPS) is 20.3. The lowest BCUT2D eigenvalue weighted by Crippen LogP contribution is -2.46. The molecule has 2 heterocycles. The number of benzene rings is 2. The van der Waals surface area contributed by atoms with E-state index in [4.69, 9.17) is 36.6 Å². The summed E-state index contributed by atoms with van der Waals surface area (Å²) in [7, 11) is -4.00. The van der Waals surface area contributed by atoms with Gasteiger partial charge in [-0.1, -0.05) is 87.4 Å². The molecule has 7 rings (SSSR count). The van der Waals surface area contributed by atoms with Crippen molar-refractivity contribution in [1.82, 2.24) is 20.2 Å². The van der Waals surface area contributed by atoms with Gasteiger partial charge in [-0.3, -0.25) is 28.8 Å². The van der Waals surface area contributed by atoms with Gasteiger partial charge < -0.3 is 41.1 Å². The predicted molar refractivity (Wildman–Crippen MR) is 361 cm³/mol. The van der Waals surface area contributed by atoms with Crippen molar-refractivity contribution >= 4 is 50.6 Å². The Kier molecular flexibility index (Phi) is 28.5. The molecule has 95 heavy (non-hydrogen) atoms. The minimum absolute atomic E-state index is 0.0279. The fraction of sp³-hybridized carbons (Fsp3) is 0.625. The highest BCUT2D eigenvalue weighted by molar-refractivity contribution is 7.87. The van der Waals surface area contributed by atoms with Crippen LogP contribution in [0.2, 0.25) is 0 Å². The van der Waals surface area contributed by atoms with Gasteiger partial charge in [-0.05, 0) is 159 Å². The zero-order valence-electron chi connectivity index (χ0n) is 58.1. The van der Waals surface area contributed by atoms with Crippen LogP contribution in [0.4, 0.5) is 13.2 Å². The number of ether oxygens (including phenoxy) is 2. The lowest BCUT2D eigenvalue weighted by atomic mass is 9.72. The minimum Gasteiger partial charge on any atom is -0.492 e. The van der Waals surface area contributed by atoms with E-state index in [-0.39, 0.29) is 106 Å². The summed E-state index contributed by atoms with van der Waals surface area (Å²) >= 11 is 0. The molecule has 0 saturated heterocycles. The van der Waals surface area contributed by atoms with E-state index in [1.807, 2.05) is 32.9 Å². The van der Waals surface area contributed by atoms with Crippen LogP contribution < -0.4 is 32.0 Å². The lowest BCUT2D eigenvalue weighted by Gasteiger charge is -2.33. The van der Waals surface area contributed by atoms with Gasteiger partial charge in [-0.2, -0.15) is 26.9 Å². The Morgan fingerprint density at radius 1 is 0.747 bits per heavy atom. The molecular formula is C72H103F3N8O11S. The summed E-state index contributed by atoms with van der Waals surface area (Å²) in [5.41, 5.74) is 17.8. The Labute approximate surface area is 560 Å². The molecule has 3 aliphatic carbocycles. The smallest absolute Gasteiger partial charge is 0.492 e. The Morgan fingerprint density at radius 3 is 1.78 bits per heavy atom. The van der Waals surface area contributed by atoms with Gasteiger partial charge in [-0.25, -0.2) is 9.97 Å². The average molecular weight is 1350 g/mol. The number of nitrogens with zero attached hydrogens (tertiary/aromatic N) is 4. The number of ketones is 4. The Balaban J connectivity index is 0.000000458. The number of nitrogens with two attached hydrogens (primary N) is 3. The van der Waals surface area contributed by atoms with Crippen molar-refractivity contribution in [3.05, 3.63) is 88.2 Å². The van der Waals surface area contributed by atoms with Gasteiger partial charge in [0.1, 0.15) is 42.3 Å². The van der Waals surface area contributed by atoms with Gasteiger partial charge in [0.25, 0.3) is 0 Å². The maximum atomic E-state index is 14.8. The molecule has 2 unspecified atom stereocenters. The van der Waals surface area contributed by atoms with E-state index in [1.54, 1.807) is 51.1 Å². The van der Waals surface area contributed by atoms with E-state index in [2.05, 4.69) is 57.1 Å². The van der Waals surface area contributed by atoms with Crippen LogP contribution in [0.5, 0.6) is 11.5 Å². The van der Waals surface area contributed by atoms with Crippen LogP contribution in [0, 0.1) is 71.0 Å². The number of halogens is 3. The molecule has 1 aliphatic heterocycles. The summed E-state index contributed by atoms with van der Waals surface area (Å²) in [6.07, 6.45) is 11.4. The van der Waals surface area contributed by atoms with Crippen molar-refractivity contribution in [3.8, 4) is 28.7 Å². The quantitative estimate of drug-likeness (QED) is 0.0492. The molecule has 1 saturated carbocycles. The molecule has 2 amide bonds.